The predicted molar refractivity (Wildman–Crippen MR) is 112 cm³/mol. The van der Waals surface area contributed by atoms with Gasteiger partial charge in [0.25, 0.3) is 0 Å². The van der Waals surface area contributed by atoms with E-state index in [4.69, 9.17) is 0 Å². The van der Waals surface area contributed by atoms with Crippen molar-refractivity contribution in [2.75, 3.05) is 25.4 Å². The summed E-state index contributed by atoms with van der Waals surface area (Å²) in [6.07, 6.45) is -5.72. The Bertz CT molecular complexity index is 1060. The summed E-state index contributed by atoms with van der Waals surface area (Å²) in [5.41, 5.74) is 0.717. The van der Waals surface area contributed by atoms with E-state index < -0.39 is 75.3 Å². The third-order valence-corrected chi connectivity index (χ3v) is 10.6. The minimum Gasteiger partial charge on any atom is -0.391 e. The molecule has 2 N–H and O–H groups in total. The standard InChI is InChI=1S/C19H27F4N3O6S2/c20-17-14-7-11(13-3-5-25(9-13)33(29,30)6-4-19(21,22)23)1-2-12(14)8-15(27)18(17)26-10-16(28)24-34(26,31)32/h3,11-12,14-15,17-18,27H,1-2,4-10H2,(H,24,28). The van der Waals surface area contributed by atoms with Gasteiger partial charge in [-0.2, -0.15) is 30.2 Å². The van der Waals surface area contributed by atoms with Gasteiger partial charge in [-0.05, 0) is 43.4 Å². The molecule has 1 amide bonds. The number of hydrogen-bond acceptors (Lipinski definition) is 6. The minimum absolute atomic E-state index is 0.0414. The molecule has 4 rings (SSSR count). The third kappa shape index (κ3) is 5.13. The van der Waals surface area contributed by atoms with E-state index >= 15 is 4.39 Å². The summed E-state index contributed by atoms with van der Waals surface area (Å²) in [6.45, 7) is -0.661. The summed E-state index contributed by atoms with van der Waals surface area (Å²) >= 11 is 0. The Balaban J connectivity index is 1.43. The van der Waals surface area contributed by atoms with Gasteiger partial charge in [-0.3, -0.25) is 4.79 Å². The van der Waals surface area contributed by atoms with Gasteiger partial charge in [-0.15, -0.1) is 0 Å². The number of fused-ring (bicyclic) bond motifs is 1. The number of carbonyl (C=O) groups is 1. The molecule has 2 aliphatic heterocycles. The van der Waals surface area contributed by atoms with Gasteiger partial charge in [0.05, 0.1) is 30.9 Å². The molecule has 0 aromatic rings. The molecule has 15 heteroatoms. The van der Waals surface area contributed by atoms with Crippen LogP contribution in [0.4, 0.5) is 17.6 Å². The number of amides is 1. The molecule has 3 fully saturated rings. The molecule has 0 aromatic carbocycles. The topological polar surface area (TPSA) is 124 Å². The first-order chi connectivity index (χ1) is 15.7. The van der Waals surface area contributed by atoms with Crippen LogP contribution < -0.4 is 4.72 Å². The molecule has 9 nitrogen and oxygen atoms in total. The zero-order valence-corrected chi connectivity index (χ0v) is 19.7. The van der Waals surface area contributed by atoms with Crippen molar-refractivity contribution in [2.24, 2.45) is 17.8 Å². The van der Waals surface area contributed by atoms with Gasteiger partial charge in [0.15, 0.2) is 0 Å². The van der Waals surface area contributed by atoms with Crippen molar-refractivity contribution in [3.05, 3.63) is 11.6 Å². The van der Waals surface area contributed by atoms with Crippen LogP contribution in [-0.4, -0.2) is 86.3 Å². The Morgan fingerprint density at radius 1 is 1.18 bits per heavy atom. The molecular formula is C19H27F4N3O6S2. The fraction of sp³-hybridized carbons (Fsp3) is 0.842. The Hall–Kier alpha value is -1.29. The molecule has 4 aliphatic rings. The maximum Gasteiger partial charge on any atom is 0.390 e. The Kier molecular flexibility index (Phi) is 6.81. The highest BCUT2D eigenvalue weighted by Gasteiger charge is 2.54. The van der Waals surface area contributed by atoms with Crippen LogP contribution in [0.15, 0.2) is 11.6 Å². The predicted octanol–water partition coefficient (Wildman–Crippen LogP) is 0.691. The van der Waals surface area contributed by atoms with Crippen LogP contribution in [0.25, 0.3) is 0 Å². The van der Waals surface area contributed by atoms with E-state index in [0.29, 0.717) is 23.6 Å². The largest absolute Gasteiger partial charge is 0.391 e. The molecule has 194 valence electrons. The summed E-state index contributed by atoms with van der Waals surface area (Å²) in [5.74, 6) is -2.83. The van der Waals surface area contributed by atoms with Gasteiger partial charge in [0.1, 0.15) is 6.17 Å². The molecule has 2 aliphatic carbocycles. The van der Waals surface area contributed by atoms with E-state index in [9.17, 15) is 39.9 Å². The molecule has 6 atom stereocenters. The number of carbonyl (C=O) groups excluding carboxylic acids is 1. The van der Waals surface area contributed by atoms with Crippen LogP contribution in [0.5, 0.6) is 0 Å². The lowest BCUT2D eigenvalue weighted by Gasteiger charge is -2.48. The summed E-state index contributed by atoms with van der Waals surface area (Å²) in [6, 6.07) is -1.40. The molecule has 0 bridgehead atoms. The van der Waals surface area contributed by atoms with Gasteiger partial charge in [0, 0.05) is 13.1 Å². The first kappa shape index (κ1) is 25.8. The van der Waals surface area contributed by atoms with E-state index in [0.717, 1.165) is 9.88 Å². The second-order valence-electron chi connectivity index (χ2n) is 9.50. The lowest BCUT2D eigenvalue weighted by atomic mass is 9.63. The molecule has 1 saturated heterocycles. The Labute approximate surface area is 195 Å². The number of nitrogens with one attached hydrogen (secondary N) is 1. The van der Waals surface area contributed by atoms with Crippen LogP contribution in [0.3, 0.4) is 0 Å². The average molecular weight is 534 g/mol. The van der Waals surface area contributed by atoms with Crippen molar-refractivity contribution < 1.29 is 44.3 Å². The number of sulfonamides is 1. The number of hydrogen-bond donors (Lipinski definition) is 2. The second kappa shape index (κ2) is 8.98. The lowest BCUT2D eigenvalue weighted by molar-refractivity contribution is -0.130. The maximum absolute atomic E-state index is 15.7. The zero-order valence-electron chi connectivity index (χ0n) is 18.1. The number of nitrogens with zero attached hydrogens (tertiary/aromatic N) is 2. The maximum atomic E-state index is 15.7. The molecule has 2 saturated carbocycles. The van der Waals surface area contributed by atoms with Crippen LogP contribution in [0.1, 0.15) is 32.1 Å². The summed E-state index contributed by atoms with van der Waals surface area (Å²) < 4.78 is 106. The molecule has 6 unspecified atom stereocenters. The smallest absolute Gasteiger partial charge is 0.390 e. The summed E-state index contributed by atoms with van der Waals surface area (Å²) in [5, 5.41) is 10.5. The molecule has 0 spiro atoms. The Morgan fingerprint density at radius 2 is 1.88 bits per heavy atom. The fourth-order valence-electron chi connectivity index (χ4n) is 5.71. The van der Waals surface area contributed by atoms with Crippen molar-refractivity contribution in [3.8, 4) is 0 Å². The first-order valence-electron chi connectivity index (χ1n) is 11.1. The van der Waals surface area contributed by atoms with Crippen LogP contribution in [-0.2, 0) is 25.0 Å². The van der Waals surface area contributed by atoms with Crippen LogP contribution in [0.2, 0.25) is 0 Å². The van der Waals surface area contributed by atoms with Crippen molar-refractivity contribution in [3.63, 3.8) is 0 Å². The summed E-state index contributed by atoms with van der Waals surface area (Å²) in [4.78, 5) is 11.6. The number of aliphatic hydroxyl groups is 1. The van der Waals surface area contributed by atoms with Gasteiger partial charge >= 0.3 is 16.4 Å². The number of aliphatic hydroxyl groups excluding tert-OH is 1. The monoisotopic (exact) mass is 533 g/mol. The highest BCUT2D eigenvalue weighted by Crippen LogP contribution is 2.48. The molecule has 34 heavy (non-hydrogen) atoms. The molecule has 0 aromatic heterocycles. The van der Waals surface area contributed by atoms with Crippen LogP contribution in [0, 0.1) is 17.8 Å². The average Bonchev–Trinajstić information content (AvgIpc) is 3.31. The van der Waals surface area contributed by atoms with E-state index in [-0.39, 0.29) is 31.3 Å². The number of alkyl halides is 4. The van der Waals surface area contributed by atoms with Gasteiger partial charge in [-0.1, -0.05) is 11.6 Å². The van der Waals surface area contributed by atoms with Gasteiger partial charge in [-0.25, -0.2) is 17.5 Å². The van der Waals surface area contributed by atoms with Gasteiger partial charge in [0.2, 0.25) is 15.9 Å². The summed E-state index contributed by atoms with van der Waals surface area (Å²) in [7, 11) is -8.34. The second-order valence-corrected chi connectivity index (χ2v) is 13.2. The van der Waals surface area contributed by atoms with Crippen molar-refractivity contribution in [2.45, 2.75) is 56.6 Å². The number of rotatable bonds is 5. The van der Waals surface area contributed by atoms with E-state index in [1.54, 1.807) is 10.8 Å². The highest BCUT2D eigenvalue weighted by atomic mass is 32.2. The third-order valence-electron chi connectivity index (χ3n) is 7.38. The number of halogens is 4. The quantitative estimate of drug-likeness (QED) is 0.396. The first-order valence-corrected chi connectivity index (χ1v) is 14.1. The van der Waals surface area contributed by atoms with E-state index in [2.05, 4.69) is 0 Å². The minimum atomic E-state index is -4.58. The van der Waals surface area contributed by atoms with E-state index in [1.165, 1.54) is 0 Å². The van der Waals surface area contributed by atoms with E-state index in [1.807, 2.05) is 0 Å². The highest BCUT2D eigenvalue weighted by molar-refractivity contribution is 7.89. The zero-order chi connectivity index (χ0) is 25.1. The van der Waals surface area contributed by atoms with Gasteiger partial charge < -0.3 is 5.11 Å². The Morgan fingerprint density at radius 3 is 2.50 bits per heavy atom. The van der Waals surface area contributed by atoms with Crippen molar-refractivity contribution in [1.82, 2.24) is 13.3 Å². The SMILES string of the molecule is O=C1CN(C2C(O)CC3CCC(C4=CCN(S(=O)(=O)CCC(F)(F)F)C4)CC3C2F)S(=O)(=O)N1. The normalized spacial score (nSPS) is 37.3. The van der Waals surface area contributed by atoms with Crippen molar-refractivity contribution >= 4 is 26.1 Å². The lowest BCUT2D eigenvalue weighted by Crippen LogP contribution is -2.58. The fourth-order valence-corrected chi connectivity index (χ4v) is 8.44. The molecular weight excluding hydrogens is 506 g/mol. The molecule has 2 heterocycles. The molecule has 0 radical (unpaired) electrons. The van der Waals surface area contributed by atoms with Crippen molar-refractivity contribution in [1.29, 1.82) is 0 Å². The van der Waals surface area contributed by atoms with Crippen LogP contribution >= 0.6 is 0 Å².